The molecule has 0 spiro atoms. The van der Waals surface area contributed by atoms with Crippen LogP contribution in [0.25, 0.3) is 0 Å². The van der Waals surface area contributed by atoms with Crippen molar-refractivity contribution in [1.82, 2.24) is 0 Å². The minimum absolute atomic E-state index is 0.168. The number of anilines is 2. The van der Waals surface area contributed by atoms with Gasteiger partial charge in [-0.1, -0.05) is 23.7 Å². The highest BCUT2D eigenvalue weighted by Crippen LogP contribution is 2.25. The predicted octanol–water partition coefficient (Wildman–Crippen LogP) is 3.13. The smallest absolute Gasteiger partial charge is 0.255 e. The van der Waals surface area contributed by atoms with E-state index < -0.39 is 10.0 Å². The highest BCUT2D eigenvalue weighted by atomic mass is 35.5. The topological polar surface area (TPSA) is 66.5 Å². The van der Waals surface area contributed by atoms with Gasteiger partial charge < -0.3 is 5.32 Å². The lowest BCUT2D eigenvalue weighted by Crippen LogP contribution is -2.25. The second kappa shape index (κ2) is 6.22. The summed E-state index contributed by atoms with van der Waals surface area (Å²) < 4.78 is 25.2. The zero-order chi connectivity index (χ0) is 16.4. The van der Waals surface area contributed by atoms with Crippen LogP contribution in [-0.4, -0.2) is 26.6 Å². The van der Waals surface area contributed by atoms with E-state index >= 15 is 0 Å². The molecule has 1 N–H and O–H groups in total. The Labute approximate surface area is 139 Å². The number of nitrogens with one attached hydrogen (secondary N) is 1. The fraction of sp³-hybridized carbons (Fsp3) is 0.188. The van der Waals surface area contributed by atoms with E-state index in [0.717, 1.165) is 0 Å². The first-order chi connectivity index (χ1) is 11.0. The van der Waals surface area contributed by atoms with Gasteiger partial charge in [-0.25, -0.2) is 8.42 Å². The van der Waals surface area contributed by atoms with Crippen LogP contribution in [0.15, 0.2) is 48.5 Å². The van der Waals surface area contributed by atoms with Crippen molar-refractivity contribution in [2.24, 2.45) is 0 Å². The van der Waals surface area contributed by atoms with Gasteiger partial charge in [0.25, 0.3) is 5.91 Å². The number of sulfonamides is 1. The largest absolute Gasteiger partial charge is 0.321 e. The average Bonchev–Trinajstić information content (AvgIpc) is 2.89. The molecule has 0 aliphatic carbocycles. The van der Waals surface area contributed by atoms with E-state index in [1.165, 1.54) is 4.31 Å². The lowest BCUT2D eigenvalue weighted by Gasteiger charge is -2.17. The van der Waals surface area contributed by atoms with Gasteiger partial charge in [0, 0.05) is 12.1 Å². The summed E-state index contributed by atoms with van der Waals surface area (Å²) in [6.07, 6.45) is 0.622. The Morgan fingerprint density at radius 3 is 2.39 bits per heavy atom. The molecule has 0 bridgehead atoms. The quantitative estimate of drug-likeness (QED) is 0.924. The number of carbonyl (C=O) groups excluding carboxylic acids is 1. The number of rotatable bonds is 3. The highest BCUT2D eigenvalue weighted by molar-refractivity contribution is 7.93. The Hall–Kier alpha value is -2.05. The molecule has 0 unspecified atom stereocenters. The maximum absolute atomic E-state index is 12.2. The highest BCUT2D eigenvalue weighted by Gasteiger charge is 2.28. The molecule has 0 radical (unpaired) electrons. The molecule has 2 aromatic rings. The molecule has 1 amide bonds. The Morgan fingerprint density at radius 2 is 1.78 bits per heavy atom. The first-order valence-corrected chi connectivity index (χ1v) is 9.12. The van der Waals surface area contributed by atoms with Crippen LogP contribution in [0.2, 0.25) is 5.02 Å². The van der Waals surface area contributed by atoms with Crippen LogP contribution in [-0.2, 0) is 10.0 Å². The van der Waals surface area contributed by atoms with E-state index in [1.54, 1.807) is 48.5 Å². The van der Waals surface area contributed by atoms with Crippen LogP contribution < -0.4 is 9.62 Å². The molecule has 2 aromatic carbocycles. The van der Waals surface area contributed by atoms with Crippen molar-refractivity contribution in [3.05, 3.63) is 59.1 Å². The van der Waals surface area contributed by atoms with E-state index in [9.17, 15) is 13.2 Å². The van der Waals surface area contributed by atoms with Crippen LogP contribution >= 0.6 is 11.6 Å². The van der Waals surface area contributed by atoms with E-state index in [1.807, 2.05) is 0 Å². The molecular weight excluding hydrogens is 336 g/mol. The van der Waals surface area contributed by atoms with E-state index in [4.69, 9.17) is 11.6 Å². The Bertz CT molecular complexity index is 835. The maximum Gasteiger partial charge on any atom is 0.255 e. The normalized spacial score (nSPS) is 16.3. The first kappa shape index (κ1) is 15.8. The third kappa shape index (κ3) is 3.33. The number of halogens is 1. The van der Waals surface area contributed by atoms with Gasteiger partial charge in [-0.3, -0.25) is 9.10 Å². The van der Waals surface area contributed by atoms with Crippen molar-refractivity contribution in [2.45, 2.75) is 6.42 Å². The Kier molecular flexibility index (Phi) is 4.28. The summed E-state index contributed by atoms with van der Waals surface area (Å²) in [4.78, 5) is 12.2. The lowest BCUT2D eigenvalue weighted by atomic mass is 10.2. The third-order valence-corrected chi connectivity index (χ3v) is 5.84. The summed E-state index contributed by atoms with van der Waals surface area (Å²) >= 11 is 6.01. The molecule has 1 fully saturated rings. The summed E-state index contributed by atoms with van der Waals surface area (Å²) in [5.41, 5.74) is 1.55. The number of hydrogen-bond acceptors (Lipinski definition) is 3. The number of hydrogen-bond donors (Lipinski definition) is 1. The third-order valence-electron chi connectivity index (χ3n) is 3.64. The van der Waals surface area contributed by atoms with Gasteiger partial charge in [0.2, 0.25) is 10.0 Å². The van der Waals surface area contributed by atoms with Gasteiger partial charge in [-0.15, -0.1) is 0 Å². The van der Waals surface area contributed by atoms with E-state index in [-0.39, 0.29) is 11.7 Å². The van der Waals surface area contributed by atoms with Crippen LogP contribution in [0.5, 0.6) is 0 Å². The van der Waals surface area contributed by atoms with Gasteiger partial charge >= 0.3 is 0 Å². The van der Waals surface area contributed by atoms with Crippen molar-refractivity contribution < 1.29 is 13.2 Å². The van der Waals surface area contributed by atoms with Gasteiger partial charge in [-0.05, 0) is 42.8 Å². The van der Waals surface area contributed by atoms with Crippen LogP contribution in [0, 0.1) is 0 Å². The van der Waals surface area contributed by atoms with Gasteiger partial charge in [0.05, 0.1) is 22.2 Å². The summed E-state index contributed by atoms with van der Waals surface area (Å²) in [6.45, 7) is 0.480. The van der Waals surface area contributed by atoms with E-state index in [0.29, 0.717) is 34.9 Å². The summed E-state index contributed by atoms with van der Waals surface area (Å²) in [5.74, 6) is -0.129. The van der Waals surface area contributed by atoms with Crippen LogP contribution in [0.3, 0.4) is 0 Å². The second-order valence-electron chi connectivity index (χ2n) is 5.22. The van der Waals surface area contributed by atoms with Gasteiger partial charge in [0.1, 0.15) is 0 Å². The van der Waals surface area contributed by atoms with Crippen molar-refractivity contribution >= 4 is 38.9 Å². The molecule has 0 atom stereocenters. The molecule has 1 aliphatic rings. The molecule has 1 saturated heterocycles. The van der Waals surface area contributed by atoms with Crippen LogP contribution in [0.1, 0.15) is 16.8 Å². The average molecular weight is 351 g/mol. The zero-order valence-corrected chi connectivity index (χ0v) is 13.8. The predicted molar refractivity (Wildman–Crippen MR) is 91.6 cm³/mol. The molecule has 1 aliphatic heterocycles. The molecule has 0 aromatic heterocycles. The SMILES string of the molecule is O=C(Nc1ccccc1Cl)c1ccc(N2CCCS2(=O)=O)cc1. The second-order valence-corrected chi connectivity index (χ2v) is 7.64. The minimum Gasteiger partial charge on any atom is -0.321 e. The van der Waals surface area contributed by atoms with Crippen molar-refractivity contribution in [1.29, 1.82) is 0 Å². The molecule has 1 heterocycles. The Morgan fingerprint density at radius 1 is 1.09 bits per heavy atom. The molecule has 5 nitrogen and oxygen atoms in total. The molecule has 0 saturated carbocycles. The minimum atomic E-state index is -3.21. The summed E-state index contributed by atoms with van der Waals surface area (Å²) in [6, 6.07) is 13.5. The van der Waals surface area contributed by atoms with Crippen molar-refractivity contribution in [3.63, 3.8) is 0 Å². The number of para-hydroxylation sites is 1. The Balaban J connectivity index is 1.77. The number of carbonyl (C=O) groups is 1. The van der Waals surface area contributed by atoms with Crippen molar-refractivity contribution in [2.75, 3.05) is 21.9 Å². The fourth-order valence-corrected chi connectivity index (χ4v) is 4.21. The monoisotopic (exact) mass is 350 g/mol. The summed E-state index contributed by atoms with van der Waals surface area (Å²) in [7, 11) is -3.21. The first-order valence-electron chi connectivity index (χ1n) is 7.14. The number of nitrogens with zero attached hydrogens (tertiary/aromatic N) is 1. The lowest BCUT2D eigenvalue weighted by molar-refractivity contribution is 0.102. The number of benzene rings is 2. The van der Waals surface area contributed by atoms with Gasteiger partial charge in [0.15, 0.2) is 0 Å². The van der Waals surface area contributed by atoms with Crippen molar-refractivity contribution in [3.8, 4) is 0 Å². The zero-order valence-electron chi connectivity index (χ0n) is 12.2. The fourth-order valence-electron chi connectivity index (χ4n) is 2.47. The molecule has 23 heavy (non-hydrogen) atoms. The standard InChI is InChI=1S/C16H15ClN2O3S/c17-14-4-1-2-5-15(14)18-16(20)12-6-8-13(9-7-12)19-10-3-11-23(19,21)22/h1-2,4-9H,3,10-11H2,(H,18,20). The summed E-state index contributed by atoms with van der Waals surface area (Å²) in [5, 5.41) is 3.19. The number of amides is 1. The van der Waals surface area contributed by atoms with E-state index in [2.05, 4.69) is 5.32 Å². The molecule has 3 rings (SSSR count). The molecular formula is C16H15ClN2O3S. The molecule has 7 heteroatoms. The maximum atomic E-state index is 12.2. The van der Waals surface area contributed by atoms with Crippen LogP contribution in [0.4, 0.5) is 11.4 Å². The van der Waals surface area contributed by atoms with Gasteiger partial charge in [-0.2, -0.15) is 0 Å². The molecule has 120 valence electrons.